The number of nitrogens with one attached hydrogen (secondary N) is 2. The fourth-order valence-corrected chi connectivity index (χ4v) is 1.93. The van der Waals surface area contributed by atoms with Crippen molar-refractivity contribution in [3.05, 3.63) is 59.9 Å². The van der Waals surface area contributed by atoms with Crippen molar-refractivity contribution in [2.24, 2.45) is 0 Å². The molecule has 2 rings (SSSR count). The first kappa shape index (κ1) is 15.3. The summed E-state index contributed by atoms with van der Waals surface area (Å²) in [6.45, 7) is 3.09. The summed E-state index contributed by atoms with van der Waals surface area (Å²) in [6.07, 6.45) is 0. The number of hydrogen-bond acceptors (Lipinski definition) is 2. The van der Waals surface area contributed by atoms with Gasteiger partial charge in [0, 0.05) is 5.69 Å². The maximum absolute atomic E-state index is 13.0. The van der Waals surface area contributed by atoms with Crippen LogP contribution in [0, 0.1) is 12.7 Å². The molecule has 0 bridgehead atoms. The number of hydrogen-bond donors (Lipinski definition) is 2. The first-order chi connectivity index (χ1) is 10.1. The van der Waals surface area contributed by atoms with Crippen LogP contribution < -0.4 is 15.4 Å². The Labute approximate surface area is 129 Å². The molecule has 0 fully saturated rings. The lowest BCUT2D eigenvalue weighted by molar-refractivity contribution is 0.322. The number of halogens is 1. The average molecular weight is 304 g/mol. The van der Waals surface area contributed by atoms with E-state index in [1.807, 2.05) is 31.2 Å². The summed E-state index contributed by atoms with van der Waals surface area (Å²) in [4.78, 5) is 0. The van der Waals surface area contributed by atoms with Gasteiger partial charge in [-0.3, -0.25) is 0 Å². The van der Waals surface area contributed by atoms with Crippen molar-refractivity contribution in [3.63, 3.8) is 0 Å². The van der Waals surface area contributed by atoms with Crippen LogP contribution in [0.15, 0.2) is 48.5 Å². The Bertz CT molecular complexity index is 601. The van der Waals surface area contributed by atoms with Gasteiger partial charge in [0.15, 0.2) is 5.11 Å². The third-order valence-electron chi connectivity index (χ3n) is 2.76. The fraction of sp³-hybridized carbons (Fsp3) is 0.188. The summed E-state index contributed by atoms with van der Waals surface area (Å²) >= 11 is 5.13. The molecular formula is C16H17FN2OS. The lowest BCUT2D eigenvalue weighted by atomic mass is 10.2. The largest absolute Gasteiger partial charge is 0.492 e. The molecule has 0 saturated heterocycles. The van der Waals surface area contributed by atoms with Crippen LogP contribution in [0.4, 0.5) is 10.1 Å². The SMILES string of the molecule is Cc1ccc(OCCNC(=S)Nc2cccc(F)c2)cc1. The highest BCUT2D eigenvalue weighted by atomic mass is 32.1. The highest BCUT2D eigenvalue weighted by molar-refractivity contribution is 7.80. The second-order valence-corrected chi connectivity index (χ2v) is 4.96. The monoisotopic (exact) mass is 304 g/mol. The van der Waals surface area contributed by atoms with Crippen LogP contribution in [0.25, 0.3) is 0 Å². The summed E-state index contributed by atoms with van der Waals surface area (Å²) in [5.41, 5.74) is 1.81. The van der Waals surface area contributed by atoms with Gasteiger partial charge in [0.1, 0.15) is 18.2 Å². The van der Waals surface area contributed by atoms with E-state index in [4.69, 9.17) is 17.0 Å². The van der Waals surface area contributed by atoms with E-state index in [0.29, 0.717) is 24.0 Å². The maximum Gasteiger partial charge on any atom is 0.170 e. The van der Waals surface area contributed by atoms with Gasteiger partial charge in [0.2, 0.25) is 0 Å². The Morgan fingerprint density at radius 2 is 1.95 bits per heavy atom. The fourth-order valence-electron chi connectivity index (χ4n) is 1.71. The third-order valence-corrected chi connectivity index (χ3v) is 3.01. The molecule has 0 heterocycles. The third kappa shape index (κ3) is 5.39. The zero-order chi connectivity index (χ0) is 15.1. The van der Waals surface area contributed by atoms with Gasteiger partial charge >= 0.3 is 0 Å². The van der Waals surface area contributed by atoms with Gasteiger partial charge in [0.05, 0.1) is 6.54 Å². The molecule has 2 aromatic carbocycles. The topological polar surface area (TPSA) is 33.3 Å². The van der Waals surface area contributed by atoms with Crippen LogP contribution in [0.1, 0.15) is 5.56 Å². The number of thiocarbonyl (C=S) groups is 1. The molecule has 0 atom stereocenters. The Morgan fingerprint density at radius 3 is 2.67 bits per heavy atom. The zero-order valence-corrected chi connectivity index (χ0v) is 12.5. The van der Waals surface area contributed by atoms with Gasteiger partial charge in [-0.05, 0) is 49.5 Å². The lowest BCUT2D eigenvalue weighted by Gasteiger charge is -2.11. The smallest absolute Gasteiger partial charge is 0.170 e. The molecule has 0 aliphatic rings. The summed E-state index contributed by atoms with van der Waals surface area (Å²) in [5.74, 6) is 0.525. The molecule has 2 aromatic rings. The number of rotatable bonds is 5. The average Bonchev–Trinajstić information content (AvgIpc) is 2.45. The highest BCUT2D eigenvalue weighted by Crippen LogP contribution is 2.11. The van der Waals surface area contributed by atoms with E-state index in [-0.39, 0.29) is 5.82 Å². The highest BCUT2D eigenvalue weighted by Gasteiger charge is 1.99. The minimum absolute atomic E-state index is 0.300. The van der Waals surface area contributed by atoms with E-state index in [1.54, 1.807) is 12.1 Å². The van der Waals surface area contributed by atoms with Crippen molar-refractivity contribution >= 4 is 23.0 Å². The molecule has 0 saturated carbocycles. The zero-order valence-electron chi connectivity index (χ0n) is 11.7. The standard InChI is InChI=1S/C16H17FN2OS/c1-12-5-7-15(8-6-12)20-10-9-18-16(21)19-14-4-2-3-13(17)11-14/h2-8,11H,9-10H2,1H3,(H2,18,19,21). The Kier molecular flexibility index (Phi) is 5.51. The van der Waals surface area contributed by atoms with Gasteiger partial charge in [-0.15, -0.1) is 0 Å². The minimum atomic E-state index is -0.300. The van der Waals surface area contributed by atoms with Crippen molar-refractivity contribution in [1.82, 2.24) is 5.32 Å². The molecule has 3 nitrogen and oxygen atoms in total. The summed E-state index contributed by atoms with van der Waals surface area (Å²) in [6, 6.07) is 14.0. The van der Waals surface area contributed by atoms with Gasteiger partial charge in [0.25, 0.3) is 0 Å². The molecule has 0 aromatic heterocycles. The predicted octanol–water partition coefficient (Wildman–Crippen LogP) is 3.50. The lowest BCUT2D eigenvalue weighted by Crippen LogP contribution is -2.31. The predicted molar refractivity (Wildman–Crippen MR) is 87.3 cm³/mol. The van der Waals surface area contributed by atoms with Crippen LogP contribution in [-0.4, -0.2) is 18.3 Å². The molecule has 0 spiro atoms. The van der Waals surface area contributed by atoms with Crippen molar-refractivity contribution in [1.29, 1.82) is 0 Å². The van der Waals surface area contributed by atoms with Crippen LogP contribution in [-0.2, 0) is 0 Å². The normalized spacial score (nSPS) is 10.0. The molecule has 2 N–H and O–H groups in total. The van der Waals surface area contributed by atoms with Crippen molar-refractivity contribution < 1.29 is 9.13 Å². The van der Waals surface area contributed by atoms with Crippen LogP contribution in [0.5, 0.6) is 5.75 Å². The van der Waals surface area contributed by atoms with Crippen LogP contribution >= 0.6 is 12.2 Å². The summed E-state index contributed by atoms with van der Waals surface area (Å²) in [5, 5.41) is 6.36. The molecule has 0 aliphatic carbocycles. The molecule has 110 valence electrons. The Balaban J connectivity index is 1.68. The van der Waals surface area contributed by atoms with E-state index in [9.17, 15) is 4.39 Å². The van der Waals surface area contributed by atoms with Crippen LogP contribution in [0.3, 0.4) is 0 Å². The number of ether oxygens (including phenoxy) is 1. The summed E-state index contributed by atoms with van der Waals surface area (Å²) < 4.78 is 18.6. The van der Waals surface area contributed by atoms with Gasteiger partial charge < -0.3 is 15.4 Å². The molecule has 21 heavy (non-hydrogen) atoms. The van der Waals surface area contributed by atoms with Crippen molar-refractivity contribution in [2.75, 3.05) is 18.5 Å². The van der Waals surface area contributed by atoms with Gasteiger partial charge in [-0.1, -0.05) is 23.8 Å². The first-order valence-electron chi connectivity index (χ1n) is 6.63. The number of anilines is 1. The second kappa shape index (κ2) is 7.59. The maximum atomic E-state index is 13.0. The van der Waals surface area contributed by atoms with Crippen LogP contribution in [0.2, 0.25) is 0 Å². The van der Waals surface area contributed by atoms with Crippen molar-refractivity contribution in [3.8, 4) is 5.75 Å². The van der Waals surface area contributed by atoms with E-state index in [0.717, 1.165) is 5.75 Å². The molecule has 0 aliphatic heterocycles. The molecule has 0 amide bonds. The quantitative estimate of drug-likeness (QED) is 0.654. The van der Waals surface area contributed by atoms with E-state index >= 15 is 0 Å². The molecule has 0 unspecified atom stereocenters. The van der Waals surface area contributed by atoms with E-state index < -0.39 is 0 Å². The molecule has 0 radical (unpaired) electrons. The van der Waals surface area contributed by atoms with E-state index in [1.165, 1.54) is 17.7 Å². The number of benzene rings is 2. The first-order valence-corrected chi connectivity index (χ1v) is 7.04. The van der Waals surface area contributed by atoms with Gasteiger partial charge in [-0.2, -0.15) is 0 Å². The molecule has 5 heteroatoms. The number of aryl methyl sites for hydroxylation is 1. The second-order valence-electron chi connectivity index (χ2n) is 4.55. The minimum Gasteiger partial charge on any atom is -0.492 e. The van der Waals surface area contributed by atoms with Crippen molar-refractivity contribution in [2.45, 2.75) is 6.92 Å². The summed E-state index contributed by atoms with van der Waals surface area (Å²) in [7, 11) is 0. The van der Waals surface area contributed by atoms with Gasteiger partial charge in [-0.25, -0.2) is 4.39 Å². The molecular weight excluding hydrogens is 287 g/mol. The Morgan fingerprint density at radius 1 is 1.19 bits per heavy atom. The Hall–Kier alpha value is -2.14. The van der Waals surface area contributed by atoms with E-state index in [2.05, 4.69) is 10.6 Å².